The van der Waals surface area contributed by atoms with Crippen molar-refractivity contribution in [1.82, 2.24) is 0 Å². The number of hydrogen-bond acceptors (Lipinski definition) is 3. The van der Waals surface area contributed by atoms with E-state index in [1.165, 1.54) is 19.2 Å². The topological polar surface area (TPSA) is 52.3 Å². The third-order valence-electron chi connectivity index (χ3n) is 1.99. The van der Waals surface area contributed by atoms with Crippen molar-refractivity contribution in [2.24, 2.45) is 0 Å². The van der Waals surface area contributed by atoms with E-state index in [1.807, 2.05) is 0 Å². The van der Waals surface area contributed by atoms with E-state index in [-0.39, 0.29) is 18.1 Å². The van der Waals surface area contributed by atoms with Crippen LogP contribution in [0.25, 0.3) is 0 Å². The lowest BCUT2D eigenvalue weighted by molar-refractivity contribution is -0.140. The quantitative estimate of drug-likeness (QED) is 0.518. The van der Waals surface area contributed by atoms with Gasteiger partial charge in [-0.1, -0.05) is 11.8 Å². The van der Waals surface area contributed by atoms with Crippen molar-refractivity contribution in [3.63, 3.8) is 0 Å². The molecule has 90 valence electrons. The molecule has 1 rings (SSSR count). The van der Waals surface area contributed by atoms with Gasteiger partial charge in [-0.3, -0.25) is 4.79 Å². The molecule has 3 nitrogen and oxygen atoms in total. The Morgan fingerprint density at radius 1 is 1.59 bits per heavy atom. The van der Waals surface area contributed by atoms with Crippen LogP contribution in [0.4, 0.5) is 10.1 Å². The van der Waals surface area contributed by atoms with E-state index in [1.54, 1.807) is 0 Å². The van der Waals surface area contributed by atoms with E-state index >= 15 is 0 Å². The fourth-order valence-electron chi connectivity index (χ4n) is 1.08. The lowest BCUT2D eigenvalue weighted by Crippen LogP contribution is -1.98. The highest BCUT2D eigenvalue weighted by molar-refractivity contribution is 9.10. The van der Waals surface area contributed by atoms with Crippen LogP contribution < -0.4 is 5.73 Å². The summed E-state index contributed by atoms with van der Waals surface area (Å²) in [5.41, 5.74) is 5.96. The molecule has 0 aromatic heterocycles. The standard InChI is InChI=1S/C12H11BrFNO2/c1-17-12(16)5-3-2-4-8-6-10(14)11(15)7-9(8)13/h6-7H,3,5,15H2,1H3. The second kappa shape index (κ2) is 6.26. The Bertz CT molecular complexity index is 491. The van der Waals surface area contributed by atoms with Gasteiger partial charge in [-0.15, -0.1) is 0 Å². The van der Waals surface area contributed by atoms with Gasteiger partial charge >= 0.3 is 5.97 Å². The molecular weight excluding hydrogens is 289 g/mol. The molecule has 0 atom stereocenters. The van der Waals surface area contributed by atoms with Crippen LogP contribution in [0.5, 0.6) is 0 Å². The Balaban J connectivity index is 2.72. The molecule has 0 saturated heterocycles. The fraction of sp³-hybridized carbons (Fsp3) is 0.250. The van der Waals surface area contributed by atoms with E-state index in [2.05, 4.69) is 32.5 Å². The third kappa shape index (κ3) is 4.08. The molecule has 0 radical (unpaired) electrons. The fourth-order valence-corrected chi connectivity index (χ4v) is 1.54. The summed E-state index contributed by atoms with van der Waals surface area (Å²) in [6.45, 7) is 0. The summed E-state index contributed by atoms with van der Waals surface area (Å²) in [4.78, 5) is 10.8. The smallest absolute Gasteiger partial charge is 0.306 e. The van der Waals surface area contributed by atoms with Gasteiger partial charge in [-0.05, 0) is 28.1 Å². The minimum atomic E-state index is -0.509. The second-order valence-corrected chi connectivity index (χ2v) is 4.09. The molecule has 1 aromatic rings. The highest BCUT2D eigenvalue weighted by Crippen LogP contribution is 2.22. The molecule has 0 heterocycles. The molecule has 1 aromatic carbocycles. The van der Waals surface area contributed by atoms with Crippen molar-refractivity contribution >= 4 is 27.6 Å². The number of methoxy groups -OCH3 is 1. The van der Waals surface area contributed by atoms with Crippen LogP contribution in [0.1, 0.15) is 18.4 Å². The molecule has 0 amide bonds. The molecule has 0 saturated carbocycles. The van der Waals surface area contributed by atoms with E-state index in [0.29, 0.717) is 16.5 Å². The summed E-state index contributed by atoms with van der Waals surface area (Å²) in [6.07, 6.45) is 0.587. The zero-order chi connectivity index (χ0) is 12.8. The number of rotatable bonds is 2. The molecule has 0 unspecified atom stereocenters. The van der Waals surface area contributed by atoms with E-state index < -0.39 is 5.82 Å². The Morgan fingerprint density at radius 2 is 2.29 bits per heavy atom. The monoisotopic (exact) mass is 299 g/mol. The maximum atomic E-state index is 13.2. The first-order chi connectivity index (χ1) is 8.04. The van der Waals surface area contributed by atoms with Crippen LogP contribution in [0.3, 0.4) is 0 Å². The summed E-state index contributed by atoms with van der Waals surface area (Å²) >= 11 is 3.24. The van der Waals surface area contributed by atoms with E-state index in [9.17, 15) is 9.18 Å². The van der Waals surface area contributed by atoms with Crippen molar-refractivity contribution in [3.05, 3.63) is 28.0 Å². The largest absolute Gasteiger partial charge is 0.469 e. The summed E-state index contributed by atoms with van der Waals surface area (Å²) in [6, 6.07) is 2.71. The van der Waals surface area contributed by atoms with E-state index in [4.69, 9.17) is 5.73 Å². The molecule has 2 N–H and O–H groups in total. The highest BCUT2D eigenvalue weighted by Gasteiger charge is 2.03. The Morgan fingerprint density at radius 3 is 2.94 bits per heavy atom. The van der Waals surface area contributed by atoms with Gasteiger partial charge < -0.3 is 10.5 Å². The van der Waals surface area contributed by atoms with Gasteiger partial charge in [0, 0.05) is 16.5 Å². The molecular formula is C12H11BrFNO2. The normalized spacial score (nSPS) is 9.35. The van der Waals surface area contributed by atoms with Crippen LogP contribution in [0.2, 0.25) is 0 Å². The van der Waals surface area contributed by atoms with Crippen LogP contribution in [-0.2, 0) is 9.53 Å². The summed E-state index contributed by atoms with van der Waals surface area (Å²) in [7, 11) is 1.32. The van der Waals surface area contributed by atoms with Crippen LogP contribution >= 0.6 is 15.9 Å². The zero-order valence-electron chi connectivity index (χ0n) is 9.22. The van der Waals surface area contributed by atoms with Gasteiger partial charge in [0.05, 0.1) is 19.2 Å². The van der Waals surface area contributed by atoms with Gasteiger partial charge in [0.15, 0.2) is 0 Å². The molecule has 0 aliphatic carbocycles. The van der Waals surface area contributed by atoms with Crippen LogP contribution in [-0.4, -0.2) is 13.1 Å². The van der Waals surface area contributed by atoms with Crippen LogP contribution in [0.15, 0.2) is 16.6 Å². The summed E-state index contributed by atoms with van der Waals surface area (Å²) < 4.78 is 18.3. The van der Waals surface area contributed by atoms with E-state index in [0.717, 1.165) is 0 Å². The van der Waals surface area contributed by atoms with Gasteiger partial charge in [0.1, 0.15) is 5.82 Å². The number of nitrogens with two attached hydrogens (primary N) is 1. The molecule has 0 bridgehead atoms. The van der Waals surface area contributed by atoms with Crippen molar-refractivity contribution in [2.75, 3.05) is 12.8 Å². The molecule has 0 aliphatic rings. The predicted molar refractivity (Wildman–Crippen MR) is 66.6 cm³/mol. The lowest BCUT2D eigenvalue weighted by atomic mass is 10.2. The number of nitrogen functional groups attached to an aromatic ring is 1. The minimum absolute atomic E-state index is 0.0667. The number of anilines is 1. The van der Waals surface area contributed by atoms with Crippen molar-refractivity contribution in [3.8, 4) is 11.8 Å². The molecule has 5 heteroatoms. The Kier molecular flexibility index (Phi) is 4.98. The molecule has 0 spiro atoms. The number of carbonyl (C=O) groups is 1. The first-order valence-corrected chi connectivity index (χ1v) is 5.64. The summed E-state index contributed by atoms with van der Waals surface area (Å²) in [5, 5.41) is 0. The molecule has 0 fully saturated rings. The number of hydrogen-bond donors (Lipinski definition) is 1. The zero-order valence-corrected chi connectivity index (χ0v) is 10.8. The minimum Gasteiger partial charge on any atom is -0.469 e. The highest BCUT2D eigenvalue weighted by atomic mass is 79.9. The van der Waals surface area contributed by atoms with Crippen molar-refractivity contribution < 1.29 is 13.9 Å². The molecule has 0 aliphatic heterocycles. The van der Waals surface area contributed by atoms with Gasteiger partial charge in [-0.25, -0.2) is 4.39 Å². The Labute approximate surface area is 107 Å². The first-order valence-electron chi connectivity index (χ1n) is 4.84. The molecule has 17 heavy (non-hydrogen) atoms. The average Bonchev–Trinajstić information content (AvgIpc) is 2.30. The number of esters is 1. The summed E-state index contributed by atoms with van der Waals surface area (Å²) in [5.74, 6) is 4.70. The maximum absolute atomic E-state index is 13.2. The average molecular weight is 300 g/mol. The SMILES string of the molecule is COC(=O)CCC#Cc1cc(F)c(N)cc1Br. The maximum Gasteiger partial charge on any atom is 0.306 e. The lowest BCUT2D eigenvalue weighted by Gasteiger charge is -2.00. The number of benzene rings is 1. The first kappa shape index (κ1) is 13.5. The van der Waals surface area contributed by atoms with Crippen molar-refractivity contribution in [1.29, 1.82) is 0 Å². The van der Waals surface area contributed by atoms with Gasteiger partial charge in [0.2, 0.25) is 0 Å². The van der Waals surface area contributed by atoms with Gasteiger partial charge in [-0.2, -0.15) is 0 Å². The third-order valence-corrected chi connectivity index (χ3v) is 2.65. The van der Waals surface area contributed by atoms with Crippen molar-refractivity contribution in [2.45, 2.75) is 12.8 Å². The number of carbonyl (C=O) groups excluding carboxylic acids is 1. The number of halogens is 2. The number of ether oxygens (including phenoxy) is 1. The van der Waals surface area contributed by atoms with Gasteiger partial charge in [0.25, 0.3) is 0 Å². The Hall–Kier alpha value is -1.54. The second-order valence-electron chi connectivity index (χ2n) is 3.23. The predicted octanol–water partition coefficient (Wildman–Crippen LogP) is 2.48. The van der Waals surface area contributed by atoms with Crippen LogP contribution in [0, 0.1) is 17.7 Å².